The lowest BCUT2D eigenvalue weighted by atomic mass is 10.1. The molecule has 0 aliphatic rings. The van der Waals surface area contributed by atoms with E-state index in [0.717, 1.165) is 0 Å². The molecule has 0 heterocycles. The first-order chi connectivity index (χ1) is 12.4. The highest BCUT2D eigenvalue weighted by Gasteiger charge is 2.17. The Balaban J connectivity index is 2.32. The fourth-order valence-electron chi connectivity index (χ4n) is 2.33. The molecule has 8 heteroatoms. The van der Waals surface area contributed by atoms with Crippen LogP contribution in [0.25, 0.3) is 0 Å². The maximum absolute atomic E-state index is 12.5. The van der Waals surface area contributed by atoms with Crippen LogP contribution in [0.2, 0.25) is 5.02 Å². The molecule has 0 aliphatic carbocycles. The minimum Gasteiger partial charge on any atom is -0.490 e. The molecule has 138 valence electrons. The maximum atomic E-state index is 12.5. The zero-order valence-corrected chi connectivity index (χ0v) is 15.4. The summed E-state index contributed by atoms with van der Waals surface area (Å²) in [5.41, 5.74) is 1.01. The van der Waals surface area contributed by atoms with E-state index in [2.05, 4.69) is 5.32 Å². The summed E-state index contributed by atoms with van der Waals surface area (Å²) >= 11 is 6.21. The number of benzene rings is 2. The monoisotopic (exact) mass is 378 g/mol. The fraction of sp³-hybridized carbons (Fsp3) is 0.278. The van der Waals surface area contributed by atoms with Crippen molar-refractivity contribution in [1.82, 2.24) is 0 Å². The van der Waals surface area contributed by atoms with Crippen LogP contribution >= 0.6 is 11.6 Å². The first-order valence-corrected chi connectivity index (χ1v) is 8.40. The molecule has 0 unspecified atom stereocenters. The number of hydrogen-bond donors (Lipinski definition) is 1. The smallest absolute Gasteiger partial charge is 0.274 e. The van der Waals surface area contributed by atoms with Gasteiger partial charge in [0.1, 0.15) is 0 Å². The second kappa shape index (κ2) is 8.53. The van der Waals surface area contributed by atoms with E-state index in [9.17, 15) is 14.9 Å². The number of rotatable bonds is 7. The molecular formula is C18H19ClN2O5. The normalized spacial score (nSPS) is 10.3. The summed E-state index contributed by atoms with van der Waals surface area (Å²) in [6.07, 6.45) is 0. The average Bonchev–Trinajstić information content (AvgIpc) is 2.59. The lowest BCUT2D eigenvalue weighted by molar-refractivity contribution is -0.385. The number of anilines is 1. The van der Waals surface area contributed by atoms with Crippen LogP contribution in [0.5, 0.6) is 11.5 Å². The molecule has 1 amide bonds. The van der Waals surface area contributed by atoms with Gasteiger partial charge in [0.2, 0.25) is 0 Å². The number of nitrogens with one attached hydrogen (secondary N) is 1. The number of aryl methyl sites for hydroxylation is 1. The van der Waals surface area contributed by atoms with E-state index in [0.29, 0.717) is 36.0 Å². The van der Waals surface area contributed by atoms with E-state index in [1.807, 2.05) is 13.8 Å². The Labute approximate surface area is 156 Å². The minimum atomic E-state index is -0.494. The summed E-state index contributed by atoms with van der Waals surface area (Å²) in [5, 5.41) is 13.9. The van der Waals surface area contributed by atoms with Crippen molar-refractivity contribution in [2.45, 2.75) is 20.8 Å². The summed E-state index contributed by atoms with van der Waals surface area (Å²) in [6, 6.07) is 7.47. The number of nitro benzene ring substituents is 1. The molecule has 0 spiro atoms. The largest absolute Gasteiger partial charge is 0.490 e. The van der Waals surface area contributed by atoms with E-state index < -0.39 is 10.8 Å². The van der Waals surface area contributed by atoms with Gasteiger partial charge in [-0.25, -0.2) is 0 Å². The van der Waals surface area contributed by atoms with Gasteiger partial charge in [-0.05, 0) is 39.0 Å². The SMILES string of the molecule is CCOc1cc(C(=O)Nc2ccc(C)c([N+](=O)[O-])c2)cc(Cl)c1OCC. The van der Waals surface area contributed by atoms with Gasteiger partial charge < -0.3 is 14.8 Å². The lowest BCUT2D eigenvalue weighted by Gasteiger charge is -2.14. The average molecular weight is 379 g/mol. The third-order valence-electron chi connectivity index (χ3n) is 3.52. The Morgan fingerprint density at radius 1 is 1.19 bits per heavy atom. The molecular weight excluding hydrogens is 360 g/mol. The van der Waals surface area contributed by atoms with Crippen molar-refractivity contribution >= 4 is 28.9 Å². The van der Waals surface area contributed by atoms with Crippen LogP contribution in [0.3, 0.4) is 0 Å². The van der Waals surface area contributed by atoms with E-state index in [1.54, 1.807) is 19.1 Å². The summed E-state index contributed by atoms with van der Waals surface area (Å²) in [6.45, 7) is 6.03. The number of ether oxygens (including phenoxy) is 2. The Morgan fingerprint density at radius 3 is 2.50 bits per heavy atom. The zero-order chi connectivity index (χ0) is 19.3. The van der Waals surface area contributed by atoms with E-state index in [-0.39, 0.29) is 16.3 Å². The number of hydrogen-bond acceptors (Lipinski definition) is 5. The Hall–Kier alpha value is -2.80. The van der Waals surface area contributed by atoms with Gasteiger partial charge in [0.15, 0.2) is 11.5 Å². The maximum Gasteiger partial charge on any atom is 0.274 e. The van der Waals surface area contributed by atoms with Crippen molar-refractivity contribution in [3.05, 3.63) is 56.6 Å². The highest BCUT2D eigenvalue weighted by molar-refractivity contribution is 6.32. The number of carbonyl (C=O) groups is 1. The van der Waals surface area contributed by atoms with Crippen LogP contribution in [0.4, 0.5) is 11.4 Å². The fourth-order valence-corrected chi connectivity index (χ4v) is 2.60. The van der Waals surface area contributed by atoms with Crippen molar-refractivity contribution in [2.75, 3.05) is 18.5 Å². The number of halogens is 1. The van der Waals surface area contributed by atoms with E-state index in [4.69, 9.17) is 21.1 Å². The number of nitro groups is 1. The zero-order valence-electron chi connectivity index (χ0n) is 14.7. The highest BCUT2D eigenvalue weighted by Crippen LogP contribution is 2.37. The van der Waals surface area contributed by atoms with Crippen LogP contribution in [-0.4, -0.2) is 24.0 Å². The van der Waals surface area contributed by atoms with Crippen LogP contribution in [-0.2, 0) is 0 Å². The van der Waals surface area contributed by atoms with Gasteiger partial charge in [0.05, 0.1) is 23.2 Å². The van der Waals surface area contributed by atoms with Gasteiger partial charge in [-0.15, -0.1) is 0 Å². The number of amides is 1. The lowest BCUT2D eigenvalue weighted by Crippen LogP contribution is -2.13. The minimum absolute atomic E-state index is 0.0671. The van der Waals surface area contributed by atoms with Crippen molar-refractivity contribution in [1.29, 1.82) is 0 Å². The topological polar surface area (TPSA) is 90.7 Å². The molecule has 0 bridgehead atoms. The van der Waals surface area contributed by atoms with Gasteiger partial charge in [-0.1, -0.05) is 17.7 Å². The Kier molecular flexibility index (Phi) is 6.41. The predicted molar refractivity (Wildman–Crippen MR) is 99.6 cm³/mol. The molecule has 0 atom stereocenters. The predicted octanol–water partition coefficient (Wildman–Crippen LogP) is 4.61. The van der Waals surface area contributed by atoms with Gasteiger partial charge in [-0.2, -0.15) is 0 Å². The molecule has 0 radical (unpaired) electrons. The molecule has 0 aromatic heterocycles. The second-order valence-electron chi connectivity index (χ2n) is 5.36. The molecule has 0 saturated carbocycles. The second-order valence-corrected chi connectivity index (χ2v) is 5.77. The van der Waals surface area contributed by atoms with Crippen LogP contribution < -0.4 is 14.8 Å². The molecule has 7 nitrogen and oxygen atoms in total. The molecule has 0 aliphatic heterocycles. The number of carbonyl (C=O) groups excluding carboxylic acids is 1. The van der Waals surface area contributed by atoms with Crippen LogP contribution in [0.15, 0.2) is 30.3 Å². The van der Waals surface area contributed by atoms with Crippen molar-refractivity contribution < 1.29 is 19.2 Å². The van der Waals surface area contributed by atoms with Gasteiger partial charge >= 0.3 is 0 Å². The van der Waals surface area contributed by atoms with E-state index >= 15 is 0 Å². The molecule has 0 saturated heterocycles. The van der Waals surface area contributed by atoms with Crippen LogP contribution in [0.1, 0.15) is 29.8 Å². The molecule has 1 N–H and O–H groups in total. The quantitative estimate of drug-likeness (QED) is 0.561. The van der Waals surface area contributed by atoms with Crippen molar-refractivity contribution in [2.24, 2.45) is 0 Å². The third kappa shape index (κ3) is 4.43. The van der Waals surface area contributed by atoms with Crippen molar-refractivity contribution in [3.8, 4) is 11.5 Å². The standard InChI is InChI=1S/C18H19ClN2O5/c1-4-25-16-9-12(8-14(19)17(16)26-5-2)18(22)20-13-7-6-11(3)15(10-13)21(23)24/h6-10H,4-5H2,1-3H3,(H,20,22). The molecule has 26 heavy (non-hydrogen) atoms. The number of nitrogens with zero attached hydrogens (tertiary/aromatic N) is 1. The van der Waals surface area contributed by atoms with Crippen molar-refractivity contribution in [3.63, 3.8) is 0 Å². The summed E-state index contributed by atoms with van der Waals surface area (Å²) in [5.74, 6) is 0.273. The Morgan fingerprint density at radius 2 is 1.88 bits per heavy atom. The van der Waals surface area contributed by atoms with Gasteiger partial charge in [0.25, 0.3) is 11.6 Å². The molecule has 2 aromatic carbocycles. The first-order valence-electron chi connectivity index (χ1n) is 8.02. The Bertz CT molecular complexity index is 839. The van der Waals surface area contributed by atoms with Gasteiger partial charge in [0, 0.05) is 22.9 Å². The summed E-state index contributed by atoms with van der Waals surface area (Å²) in [7, 11) is 0. The molecule has 0 fully saturated rings. The summed E-state index contributed by atoms with van der Waals surface area (Å²) < 4.78 is 11.0. The molecule has 2 aromatic rings. The van der Waals surface area contributed by atoms with E-state index in [1.165, 1.54) is 18.2 Å². The first kappa shape index (κ1) is 19.5. The van der Waals surface area contributed by atoms with Gasteiger partial charge in [-0.3, -0.25) is 14.9 Å². The third-order valence-corrected chi connectivity index (χ3v) is 3.80. The van der Waals surface area contributed by atoms with Crippen LogP contribution in [0, 0.1) is 17.0 Å². The molecule has 2 rings (SSSR count). The highest BCUT2D eigenvalue weighted by atomic mass is 35.5. The summed E-state index contributed by atoms with van der Waals surface area (Å²) in [4.78, 5) is 23.1.